The van der Waals surface area contributed by atoms with Crippen LogP contribution in [0.4, 0.5) is 0 Å². The molecule has 1 N–H and O–H groups in total. The minimum absolute atomic E-state index is 0.00192. The second-order valence-corrected chi connectivity index (χ2v) is 8.50. The fraction of sp³-hybridized carbons (Fsp3) is 0.875. The first-order chi connectivity index (χ1) is 9.85. The van der Waals surface area contributed by atoms with Crippen molar-refractivity contribution in [3.05, 3.63) is 0 Å². The molecule has 5 heteroatoms. The van der Waals surface area contributed by atoms with Crippen LogP contribution in [0.2, 0.25) is 0 Å². The van der Waals surface area contributed by atoms with Gasteiger partial charge in [-0.2, -0.15) is 11.8 Å². The summed E-state index contributed by atoms with van der Waals surface area (Å²) >= 11 is 1.74. The Morgan fingerprint density at radius 1 is 1.24 bits per heavy atom. The highest BCUT2D eigenvalue weighted by Crippen LogP contribution is 2.31. The quantitative estimate of drug-likeness (QED) is 0.867. The minimum atomic E-state index is -0.358. The molecule has 2 fully saturated rings. The molecule has 2 rings (SSSR count). The van der Waals surface area contributed by atoms with Crippen LogP contribution in [0.15, 0.2) is 0 Å². The second-order valence-electron chi connectivity index (χ2n) is 6.99. The lowest BCUT2D eigenvalue weighted by Crippen LogP contribution is -2.66. The highest BCUT2D eigenvalue weighted by Gasteiger charge is 2.43. The summed E-state index contributed by atoms with van der Waals surface area (Å²) in [6.45, 7) is 6.71. The van der Waals surface area contributed by atoms with Crippen molar-refractivity contribution in [1.29, 1.82) is 0 Å². The lowest BCUT2D eigenvalue weighted by molar-refractivity contribution is -0.150. The summed E-state index contributed by atoms with van der Waals surface area (Å²) in [5.74, 6) is 0.445. The van der Waals surface area contributed by atoms with Gasteiger partial charge in [0.2, 0.25) is 11.8 Å². The third kappa shape index (κ3) is 3.74. The van der Waals surface area contributed by atoms with Crippen molar-refractivity contribution in [2.75, 3.05) is 12.8 Å². The van der Waals surface area contributed by atoms with E-state index in [4.69, 9.17) is 0 Å². The van der Waals surface area contributed by atoms with Gasteiger partial charge in [-0.1, -0.05) is 19.3 Å². The van der Waals surface area contributed by atoms with Crippen molar-refractivity contribution in [2.24, 2.45) is 5.92 Å². The molecule has 0 bridgehead atoms. The van der Waals surface area contributed by atoms with Crippen molar-refractivity contribution in [3.8, 4) is 0 Å². The van der Waals surface area contributed by atoms with E-state index in [1.165, 1.54) is 19.3 Å². The van der Waals surface area contributed by atoms with Crippen LogP contribution < -0.4 is 5.32 Å². The van der Waals surface area contributed by atoms with Gasteiger partial charge in [0.25, 0.3) is 0 Å². The van der Waals surface area contributed by atoms with E-state index in [9.17, 15) is 9.59 Å². The summed E-state index contributed by atoms with van der Waals surface area (Å²) in [4.78, 5) is 26.9. The Morgan fingerprint density at radius 3 is 2.43 bits per heavy atom. The Morgan fingerprint density at radius 2 is 1.86 bits per heavy atom. The largest absolute Gasteiger partial charge is 0.342 e. The van der Waals surface area contributed by atoms with Gasteiger partial charge in [-0.15, -0.1) is 0 Å². The van der Waals surface area contributed by atoms with Crippen molar-refractivity contribution in [3.63, 3.8) is 0 Å². The summed E-state index contributed by atoms with van der Waals surface area (Å²) in [6.07, 6.45) is 7.78. The number of hydrogen-bond acceptors (Lipinski definition) is 3. The molecule has 1 aliphatic heterocycles. The molecule has 0 aromatic heterocycles. The normalized spacial score (nSPS) is 28.7. The smallest absolute Gasteiger partial charge is 0.246 e. The molecule has 1 heterocycles. The number of carbonyl (C=O) groups excluding carboxylic acids is 2. The Hall–Kier alpha value is -0.710. The molecule has 1 saturated carbocycles. The van der Waals surface area contributed by atoms with E-state index in [1.807, 2.05) is 6.92 Å². The van der Waals surface area contributed by atoms with Crippen molar-refractivity contribution in [2.45, 2.75) is 69.7 Å². The first-order valence-corrected chi connectivity index (χ1v) is 9.24. The molecule has 0 radical (unpaired) electrons. The zero-order valence-electron chi connectivity index (χ0n) is 13.6. The third-order valence-corrected chi connectivity index (χ3v) is 6.15. The van der Waals surface area contributed by atoms with Crippen molar-refractivity contribution < 1.29 is 9.59 Å². The number of rotatable bonds is 4. The van der Waals surface area contributed by atoms with Crippen LogP contribution in [0.3, 0.4) is 0 Å². The Bertz CT molecular complexity index is 405. The predicted octanol–water partition coefficient (Wildman–Crippen LogP) is 2.42. The number of hydrogen-bond donors (Lipinski definition) is 1. The summed E-state index contributed by atoms with van der Waals surface area (Å²) in [6, 6.07) is -0.657. The lowest BCUT2D eigenvalue weighted by atomic mass is 9.82. The van der Waals surface area contributed by atoms with Crippen LogP contribution >= 0.6 is 11.8 Å². The van der Waals surface area contributed by atoms with Gasteiger partial charge in [0.1, 0.15) is 12.1 Å². The van der Waals surface area contributed by atoms with E-state index in [-0.39, 0.29) is 28.6 Å². The molecule has 2 unspecified atom stereocenters. The maximum absolute atomic E-state index is 12.9. The first-order valence-electron chi connectivity index (χ1n) is 8.02. The number of carbonyl (C=O) groups is 2. The standard InChI is InChI=1S/C16H28N2O2S/c1-11-14(19)17-13(12-8-6-5-7-9-12)15(20)18(11)10-16(2,3)21-4/h11-13H,5-10H2,1-4H3,(H,17,19). The topological polar surface area (TPSA) is 49.4 Å². The Labute approximate surface area is 132 Å². The maximum atomic E-state index is 12.9. The first kappa shape index (κ1) is 16.7. The van der Waals surface area contributed by atoms with E-state index < -0.39 is 0 Å². The number of thioether (sulfide) groups is 1. The molecular formula is C16H28N2O2S. The fourth-order valence-electron chi connectivity index (χ4n) is 3.32. The summed E-state index contributed by atoms with van der Waals surface area (Å²) in [7, 11) is 0. The van der Waals surface area contributed by atoms with Gasteiger partial charge in [-0.05, 0) is 45.8 Å². The molecule has 0 spiro atoms. The molecule has 0 aromatic rings. The highest BCUT2D eigenvalue weighted by molar-refractivity contribution is 7.99. The molecule has 21 heavy (non-hydrogen) atoms. The number of nitrogens with one attached hydrogen (secondary N) is 1. The average molecular weight is 312 g/mol. The molecule has 2 atom stereocenters. The van der Waals surface area contributed by atoms with Crippen LogP contribution in [0.1, 0.15) is 52.9 Å². The molecular weight excluding hydrogens is 284 g/mol. The number of nitrogens with zero attached hydrogens (tertiary/aromatic N) is 1. The van der Waals surface area contributed by atoms with E-state index in [1.54, 1.807) is 16.7 Å². The molecule has 1 aliphatic carbocycles. The molecule has 1 saturated heterocycles. The van der Waals surface area contributed by atoms with Gasteiger partial charge in [-0.3, -0.25) is 9.59 Å². The summed E-state index contributed by atoms with van der Waals surface area (Å²) < 4.78 is -0.0291. The minimum Gasteiger partial charge on any atom is -0.342 e. The monoisotopic (exact) mass is 312 g/mol. The van der Waals surface area contributed by atoms with Gasteiger partial charge in [-0.25, -0.2) is 0 Å². The van der Waals surface area contributed by atoms with Crippen LogP contribution in [0.5, 0.6) is 0 Å². The highest BCUT2D eigenvalue weighted by atomic mass is 32.2. The third-order valence-electron chi connectivity index (χ3n) is 4.92. The predicted molar refractivity (Wildman–Crippen MR) is 87.3 cm³/mol. The number of piperazine rings is 1. The molecule has 4 nitrogen and oxygen atoms in total. The van der Waals surface area contributed by atoms with Gasteiger partial charge < -0.3 is 10.2 Å². The second kappa shape index (κ2) is 6.59. The van der Waals surface area contributed by atoms with Crippen LogP contribution in [0, 0.1) is 5.92 Å². The molecule has 120 valence electrons. The fourth-order valence-corrected chi connectivity index (χ4v) is 3.59. The number of amides is 2. The summed E-state index contributed by atoms with van der Waals surface area (Å²) in [5, 5.41) is 2.98. The molecule has 2 amide bonds. The molecule has 2 aliphatic rings. The molecule has 0 aromatic carbocycles. The Balaban J connectivity index is 2.14. The van der Waals surface area contributed by atoms with Crippen LogP contribution in [-0.2, 0) is 9.59 Å². The SMILES string of the molecule is CSC(C)(C)CN1C(=O)C(C2CCCCC2)NC(=O)C1C. The van der Waals surface area contributed by atoms with E-state index in [2.05, 4.69) is 25.4 Å². The zero-order chi connectivity index (χ0) is 15.6. The zero-order valence-corrected chi connectivity index (χ0v) is 14.5. The Kier molecular flexibility index (Phi) is 5.23. The van der Waals surface area contributed by atoms with Crippen LogP contribution in [0.25, 0.3) is 0 Å². The van der Waals surface area contributed by atoms with Gasteiger partial charge in [0.15, 0.2) is 0 Å². The van der Waals surface area contributed by atoms with Crippen molar-refractivity contribution in [1.82, 2.24) is 10.2 Å². The van der Waals surface area contributed by atoms with E-state index >= 15 is 0 Å². The maximum Gasteiger partial charge on any atom is 0.246 e. The van der Waals surface area contributed by atoms with Gasteiger partial charge in [0, 0.05) is 11.3 Å². The van der Waals surface area contributed by atoms with E-state index in [0.29, 0.717) is 12.5 Å². The lowest BCUT2D eigenvalue weighted by Gasteiger charge is -2.43. The van der Waals surface area contributed by atoms with E-state index in [0.717, 1.165) is 12.8 Å². The van der Waals surface area contributed by atoms with Gasteiger partial charge in [0.05, 0.1) is 0 Å². The van der Waals surface area contributed by atoms with Crippen molar-refractivity contribution >= 4 is 23.6 Å². The van der Waals surface area contributed by atoms with Gasteiger partial charge >= 0.3 is 0 Å². The summed E-state index contributed by atoms with van der Waals surface area (Å²) in [5.41, 5.74) is 0. The average Bonchev–Trinajstić information content (AvgIpc) is 2.48. The van der Waals surface area contributed by atoms with Crippen LogP contribution in [-0.4, -0.2) is 46.3 Å².